The van der Waals surface area contributed by atoms with E-state index in [2.05, 4.69) is 17.4 Å². The first-order chi connectivity index (χ1) is 10.8. The summed E-state index contributed by atoms with van der Waals surface area (Å²) in [6, 6.07) is 21.4. The van der Waals surface area contributed by atoms with Gasteiger partial charge in [-0.3, -0.25) is 0 Å². The van der Waals surface area contributed by atoms with E-state index in [-0.39, 0.29) is 12.6 Å². The zero-order valence-electron chi connectivity index (χ0n) is 12.4. The van der Waals surface area contributed by atoms with Crippen molar-refractivity contribution < 1.29 is 9.53 Å². The van der Waals surface area contributed by atoms with Crippen LogP contribution in [0.2, 0.25) is 0 Å². The van der Waals surface area contributed by atoms with Crippen LogP contribution in [-0.4, -0.2) is 13.0 Å². The number of carbonyl (C=O) groups is 1. The number of fused-ring (bicyclic) bond motifs is 1. The Morgan fingerprint density at radius 1 is 0.955 bits per heavy atom. The molecule has 22 heavy (non-hydrogen) atoms. The summed E-state index contributed by atoms with van der Waals surface area (Å²) < 4.78 is 5.49. The number of ether oxygens (including phenoxy) is 1. The third kappa shape index (κ3) is 2.79. The van der Waals surface area contributed by atoms with E-state index in [4.69, 9.17) is 4.74 Å². The summed E-state index contributed by atoms with van der Waals surface area (Å²) in [5.41, 5.74) is 2.32. The molecule has 3 aromatic carbocycles. The summed E-state index contributed by atoms with van der Waals surface area (Å²) >= 11 is 0. The summed E-state index contributed by atoms with van der Waals surface area (Å²) in [7, 11) is 1.79. The molecule has 0 aromatic heterocycles. The van der Waals surface area contributed by atoms with Crippen LogP contribution in [-0.2, 0) is 11.3 Å². The molecule has 1 N–H and O–H groups in total. The number of para-hydroxylation sites is 1. The van der Waals surface area contributed by atoms with Crippen LogP contribution in [0.1, 0.15) is 15.9 Å². The van der Waals surface area contributed by atoms with E-state index in [9.17, 15) is 4.79 Å². The second kappa shape index (κ2) is 6.31. The largest absolute Gasteiger partial charge is 0.457 e. The Hall–Kier alpha value is -2.81. The molecule has 0 fully saturated rings. The third-order valence-corrected chi connectivity index (χ3v) is 3.66. The highest BCUT2D eigenvalue weighted by atomic mass is 16.5. The Balaban J connectivity index is 1.81. The Labute approximate surface area is 129 Å². The fourth-order valence-electron chi connectivity index (χ4n) is 2.52. The molecule has 0 atom stereocenters. The van der Waals surface area contributed by atoms with Gasteiger partial charge in [0.05, 0.1) is 5.56 Å². The molecule has 0 aliphatic rings. The van der Waals surface area contributed by atoms with Gasteiger partial charge in [-0.25, -0.2) is 4.79 Å². The molecule has 3 nitrogen and oxygen atoms in total. The summed E-state index contributed by atoms with van der Waals surface area (Å²) in [5.74, 6) is -0.321. The number of esters is 1. The van der Waals surface area contributed by atoms with Crippen LogP contribution in [0.3, 0.4) is 0 Å². The zero-order chi connectivity index (χ0) is 15.4. The van der Waals surface area contributed by atoms with E-state index >= 15 is 0 Å². The summed E-state index contributed by atoms with van der Waals surface area (Å²) in [6.45, 7) is 0.262. The monoisotopic (exact) mass is 291 g/mol. The maximum atomic E-state index is 12.3. The number of hydrogen-bond donors (Lipinski definition) is 1. The second-order valence-corrected chi connectivity index (χ2v) is 5.01. The van der Waals surface area contributed by atoms with E-state index in [0.29, 0.717) is 5.56 Å². The van der Waals surface area contributed by atoms with Crippen molar-refractivity contribution in [3.05, 3.63) is 77.9 Å². The van der Waals surface area contributed by atoms with Crippen LogP contribution >= 0.6 is 0 Å². The second-order valence-electron chi connectivity index (χ2n) is 5.01. The quantitative estimate of drug-likeness (QED) is 0.731. The molecule has 0 aliphatic carbocycles. The number of rotatable bonds is 4. The van der Waals surface area contributed by atoms with Gasteiger partial charge < -0.3 is 10.1 Å². The van der Waals surface area contributed by atoms with Gasteiger partial charge in [0, 0.05) is 12.7 Å². The average molecular weight is 291 g/mol. The van der Waals surface area contributed by atoms with Crippen molar-refractivity contribution in [3.8, 4) is 0 Å². The summed E-state index contributed by atoms with van der Waals surface area (Å²) in [6.07, 6.45) is 0. The molecular weight excluding hydrogens is 274 g/mol. The van der Waals surface area contributed by atoms with Gasteiger partial charge in [-0.1, -0.05) is 54.6 Å². The molecule has 0 saturated heterocycles. The molecule has 3 aromatic rings. The van der Waals surface area contributed by atoms with Gasteiger partial charge in [-0.05, 0) is 28.5 Å². The molecule has 0 bridgehead atoms. The molecule has 0 unspecified atom stereocenters. The van der Waals surface area contributed by atoms with E-state index in [1.54, 1.807) is 13.1 Å². The Morgan fingerprint density at radius 3 is 2.55 bits per heavy atom. The molecule has 0 heterocycles. The maximum absolute atomic E-state index is 12.3. The normalized spacial score (nSPS) is 10.4. The molecule has 0 aliphatic heterocycles. The first-order valence-corrected chi connectivity index (χ1v) is 7.20. The van der Waals surface area contributed by atoms with Gasteiger partial charge >= 0.3 is 5.97 Å². The molecule has 0 amide bonds. The highest BCUT2D eigenvalue weighted by Gasteiger charge is 2.12. The standard InChI is InChI=1S/C19H17NO2/c1-20-18-12-5-4-11-17(18)19(21)22-13-15-9-6-8-14-7-2-3-10-16(14)15/h2-12,20H,13H2,1H3. The fraction of sp³-hybridized carbons (Fsp3) is 0.105. The molecular formula is C19H17NO2. The fourth-order valence-corrected chi connectivity index (χ4v) is 2.52. The lowest BCUT2D eigenvalue weighted by atomic mass is 10.1. The lowest BCUT2D eigenvalue weighted by Crippen LogP contribution is -2.08. The zero-order valence-corrected chi connectivity index (χ0v) is 12.4. The minimum Gasteiger partial charge on any atom is -0.457 e. The van der Waals surface area contributed by atoms with Gasteiger partial charge in [0.25, 0.3) is 0 Å². The van der Waals surface area contributed by atoms with E-state index < -0.39 is 0 Å². The van der Waals surface area contributed by atoms with E-state index in [1.807, 2.05) is 48.5 Å². The first-order valence-electron chi connectivity index (χ1n) is 7.20. The predicted octanol–water partition coefficient (Wildman–Crippen LogP) is 4.24. The number of carbonyl (C=O) groups excluding carboxylic acids is 1. The average Bonchev–Trinajstić information content (AvgIpc) is 2.59. The first kappa shape index (κ1) is 14.1. The van der Waals surface area contributed by atoms with Crippen LogP contribution in [0.15, 0.2) is 66.7 Å². The SMILES string of the molecule is CNc1ccccc1C(=O)OCc1cccc2ccccc12. The van der Waals surface area contributed by atoms with Gasteiger partial charge in [0.15, 0.2) is 0 Å². The van der Waals surface area contributed by atoms with Gasteiger partial charge in [0.2, 0.25) is 0 Å². The number of benzene rings is 3. The third-order valence-electron chi connectivity index (χ3n) is 3.66. The van der Waals surface area contributed by atoms with Gasteiger partial charge in [-0.2, -0.15) is 0 Å². The molecule has 3 heteroatoms. The van der Waals surface area contributed by atoms with Gasteiger partial charge in [-0.15, -0.1) is 0 Å². The predicted molar refractivity (Wildman–Crippen MR) is 89.1 cm³/mol. The smallest absolute Gasteiger partial charge is 0.340 e. The molecule has 0 saturated carbocycles. The van der Waals surface area contributed by atoms with Gasteiger partial charge in [0.1, 0.15) is 6.61 Å². The molecule has 0 radical (unpaired) electrons. The van der Waals surface area contributed by atoms with Crippen LogP contribution < -0.4 is 5.32 Å². The Morgan fingerprint density at radius 2 is 1.68 bits per heavy atom. The molecule has 0 spiro atoms. The highest BCUT2D eigenvalue weighted by molar-refractivity contribution is 5.95. The van der Waals surface area contributed by atoms with Crippen molar-refractivity contribution >= 4 is 22.4 Å². The van der Waals surface area contributed by atoms with E-state index in [0.717, 1.165) is 22.0 Å². The van der Waals surface area contributed by atoms with Crippen molar-refractivity contribution in [1.29, 1.82) is 0 Å². The van der Waals surface area contributed by atoms with Crippen LogP contribution in [0.25, 0.3) is 10.8 Å². The van der Waals surface area contributed by atoms with Crippen LogP contribution in [0.4, 0.5) is 5.69 Å². The highest BCUT2D eigenvalue weighted by Crippen LogP contribution is 2.21. The summed E-state index contributed by atoms with van der Waals surface area (Å²) in [4.78, 5) is 12.3. The van der Waals surface area contributed by atoms with E-state index in [1.165, 1.54) is 0 Å². The topological polar surface area (TPSA) is 38.3 Å². The Bertz CT molecular complexity index is 806. The number of hydrogen-bond acceptors (Lipinski definition) is 3. The van der Waals surface area contributed by atoms with Crippen LogP contribution in [0.5, 0.6) is 0 Å². The van der Waals surface area contributed by atoms with Crippen molar-refractivity contribution in [2.24, 2.45) is 0 Å². The van der Waals surface area contributed by atoms with Crippen molar-refractivity contribution in [2.75, 3.05) is 12.4 Å². The number of nitrogens with one attached hydrogen (secondary N) is 1. The molecule has 3 rings (SSSR count). The Kier molecular flexibility index (Phi) is 4.05. The minimum absolute atomic E-state index is 0.262. The van der Waals surface area contributed by atoms with Crippen molar-refractivity contribution in [2.45, 2.75) is 6.61 Å². The van der Waals surface area contributed by atoms with Crippen LogP contribution in [0, 0.1) is 0 Å². The lowest BCUT2D eigenvalue weighted by Gasteiger charge is -2.10. The van der Waals surface area contributed by atoms with Crippen molar-refractivity contribution in [3.63, 3.8) is 0 Å². The lowest BCUT2D eigenvalue weighted by molar-refractivity contribution is 0.0475. The summed E-state index contributed by atoms with van der Waals surface area (Å²) in [5, 5.41) is 5.26. The van der Waals surface area contributed by atoms with Crippen molar-refractivity contribution in [1.82, 2.24) is 0 Å². The number of anilines is 1. The maximum Gasteiger partial charge on any atom is 0.340 e. The minimum atomic E-state index is -0.321. The molecule has 110 valence electrons.